The molecule has 121 heavy (non-hydrogen) atoms. The molecule has 1 unspecified atom stereocenters. The minimum absolute atomic E-state index is 0.0505. The first-order valence-corrected chi connectivity index (χ1v) is 45.5. The van der Waals surface area contributed by atoms with Crippen LogP contribution in [0.3, 0.4) is 0 Å². The zero-order valence-electron chi connectivity index (χ0n) is 66.2. The van der Waals surface area contributed by atoms with E-state index >= 15 is 28.8 Å². The summed E-state index contributed by atoms with van der Waals surface area (Å²) < 4.78 is 0. The number of carbonyl (C=O) groups excluding carboxylic acids is 18. The highest BCUT2D eigenvalue weighted by molar-refractivity contribution is 8.77. The van der Waals surface area contributed by atoms with Gasteiger partial charge in [0.1, 0.15) is 96.4 Å². The van der Waals surface area contributed by atoms with E-state index in [1.165, 1.54) is 38.1 Å². The topological polar surface area (TPSA) is 684 Å². The van der Waals surface area contributed by atoms with E-state index < -0.39 is 300 Å². The molecule has 4 fully saturated rings. The van der Waals surface area contributed by atoms with Gasteiger partial charge in [0.15, 0.2) is 0 Å². The second-order valence-electron chi connectivity index (χ2n) is 28.9. The Hall–Kier alpha value is -10.3. The number of carboxylic acids is 2. The van der Waals surface area contributed by atoms with Crippen LogP contribution >= 0.6 is 64.8 Å². The van der Waals surface area contributed by atoms with E-state index in [-0.39, 0.29) is 38.0 Å². The molecule has 4 aliphatic rings. The molecule has 4 saturated heterocycles. The summed E-state index contributed by atoms with van der Waals surface area (Å²) in [5, 5.41) is 78.1. The number of fused-ring (bicyclic) bond motifs is 20. The zero-order valence-corrected chi connectivity index (χ0v) is 71.1. The second-order valence-corrected chi connectivity index (χ2v) is 36.6. The van der Waals surface area contributed by atoms with Crippen molar-refractivity contribution in [1.82, 2.24) is 84.7 Å². The Kier molecular flexibility index (Phi) is 40.2. The predicted molar refractivity (Wildman–Crippen MR) is 444 cm³/mol. The molecule has 664 valence electrons. The number of carbonyl (C=O) groups is 20. The number of benzene rings is 2. The molecule has 17 atom stereocenters. The molecule has 4 bridgehead atoms. The van der Waals surface area contributed by atoms with Gasteiger partial charge in [-0.3, -0.25) is 91.1 Å². The number of aliphatic hydroxyl groups excluding tert-OH is 1. The number of nitrogens with one attached hydrogen (secondary N) is 15. The van der Waals surface area contributed by atoms with Crippen LogP contribution in [0.15, 0.2) is 54.6 Å². The minimum Gasteiger partial charge on any atom is -0.508 e. The van der Waals surface area contributed by atoms with Gasteiger partial charge in [-0.25, -0.2) is 4.79 Å². The van der Waals surface area contributed by atoms with Crippen molar-refractivity contribution in [3.05, 3.63) is 65.7 Å². The lowest BCUT2D eigenvalue weighted by molar-refractivity contribution is -0.143. The molecule has 0 aliphatic carbocycles. The monoisotopic (exact) mass is 1810 g/mol. The summed E-state index contributed by atoms with van der Waals surface area (Å²) in [4.78, 5) is 285. The number of hydrogen-bond donors (Lipinski definition) is 22. The average Bonchev–Trinajstić information content (AvgIpc) is 1.73. The van der Waals surface area contributed by atoms with Crippen molar-refractivity contribution < 1.29 is 116 Å². The van der Waals surface area contributed by atoms with Crippen LogP contribution in [0.25, 0.3) is 0 Å². The maximum atomic E-state index is 15.4. The summed E-state index contributed by atoms with van der Waals surface area (Å²) in [7, 11) is 4.29. The lowest BCUT2D eigenvalue weighted by atomic mass is 10.0. The number of rotatable bonds is 23. The van der Waals surface area contributed by atoms with Crippen LogP contribution in [0.2, 0.25) is 0 Å². The molecule has 0 aromatic heterocycles. The molecular formula is C72H101N19O24S6. The van der Waals surface area contributed by atoms with Crippen molar-refractivity contribution in [2.24, 2.45) is 23.1 Å². The Bertz CT molecular complexity index is 4130. The Morgan fingerprint density at radius 1 is 0.529 bits per heavy atom. The molecule has 25 N–H and O–H groups in total. The predicted octanol–water partition coefficient (Wildman–Crippen LogP) is -7.25. The molecule has 0 saturated carbocycles. The summed E-state index contributed by atoms with van der Waals surface area (Å²) in [5.74, 6) is -27.7. The number of aliphatic hydroxyl groups is 1. The highest BCUT2D eigenvalue weighted by atomic mass is 33.1. The van der Waals surface area contributed by atoms with Gasteiger partial charge < -0.3 is 122 Å². The molecule has 0 radical (unpaired) electrons. The highest BCUT2D eigenvalue weighted by Gasteiger charge is 2.43. The van der Waals surface area contributed by atoms with Gasteiger partial charge in [-0.1, -0.05) is 121 Å². The van der Waals surface area contributed by atoms with Gasteiger partial charge >= 0.3 is 11.9 Å². The van der Waals surface area contributed by atoms with Crippen LogP contribution in [-0.2, 0) is 109 Å². The van der Waals surface area contributed by atoms with Gasteiger partial charge in [-0.2, -0.15) is 0 Å². The summed E-state index contributed by atoms with van der Waals surface area (Å²) in [6.45, 7) is 5.62. The quantitative estimate of drug-likeness (QED) is 0.0363. The molecule has 18 amide bonds. The van der Waals surface area contributed by atoms with Crippen molar-refractivity contribution in [3.63, 3.8) is 0 Å². The third kappa shape index (κ3) is 32.9. The van der Waals surface area contributed by atoms with E-state index in [9.17, 15) is 87.5 Å². The standard InChI is InChI=1S/C72H101N19O24S6/c1-32(2)20-41-61(103)86-49-30-118-116-26-45(64(106)84-44(72(114)115)22-37-13-15-38(93)16-14-37)79-54(96)25-76-57(99)33(3)77-63(105)46-27-117-119-28-47(65(107)80-40(60(102)81-41)17-18-55(97)98)88-68(110)50(87-62(104)42(21-36-10-7-6-8-11-36)82-70(112)56(35(5)92)90-59(101)39(73)23-52(74)94)31-121-120-29-48(89-67(49)109)66(108)83-43(24-53(75)95)71(113)91-19-9-12-51(91)69(111)78-34(4)58(100)85-46/h6-8,10-11,13-16,32-35,39-51,56,92-93H,9,12,17-31,73H2,1-5H3,(H2,74,94)(H2,75,95)(H,76,99)(H,77,105)(H,78,111)(H,79,96)(H,80,107)(H,81,102)(H,82,112)(H,83,108)(H,84,106)(H,85,100)(H,86,103)(H,87,104)(H,88,110)(H,89,109)(H,90,101)(H,97,98)(H,114,115)/t33-,34-,35+,39-,40-,41-,42?,43-,44-,45-,46-,47-,48-,49-,50-,51-,56-/m0/s1. The van der Waals surface area contributed by atoms with Gasteiger partial charge in [0, 0.05) is 60.3 Å². The zero-order chi connectivity index (χ0) is 89.5. The third-order valence-corrected chi connectivity index (χ3v) is 25.9. The number of nitrogens with two attached hydrogens (primary N) is 3. The SMILES string of the molecule is CC(C)C[C@@H]1NC(=O)[C@H](CCC(=O)O)NC(=O)[C@@H]2CSSC[C@@H]3NC(=O)[C@H](C)NC(=O)[C@@H]4CCCN4C(=O)[C@H](CC(N)=O)NC(=O)[C@H](CSSC[C@H](NC(=O)C(Cc4ccccc4)NC(=O)[C@@H](NC(=O)[C@@H](N)CC(N)=O)[C@@H](C)O)C(=O)N2)NC(=O)[C@H](CSSC[C@@H](C(=O)N[C@@H](Cc2ccc(O)cc2)C(=O)O)NC(=O)CNC(=O)[C@H](C)NC3=O)NC1=O. The van der Waals surface area contributed by atoms with E-state index in [2.05, 4.69) is 79.8 Å². The van der Waals surface area contributed by atoms with E-state index in [1.54, 1.807) is 44.2 Å². The van der Waals surface area contributed by atoms with E-state index in [0.29, 0.717) is 43.5 Å². The first-order chi connectivity index (χ1) is 57.2. The van der Waals surface area contributed by atoms with Crippen LogP contribution in [-0.4, -0.2) is 294 Å². The van der Waals surface area contributed by atoms with Gasteiger partial charge in [0.05, 0.1) is 31.5 Å². The fraction of sp³-hybridized carbons (Fsp3) is 0.556. The maximum absolute atomic E-state index is 15.4. The lowest BCUT2D eigenvalue weighted by Gasteiger charge is -2.30. The Labute approximate surface area is 717 Å². The molecule has 4 heterocycles. The number of nitrogens with zero attached hydrogens (tertiary/aromatic N) is 1. The fourth-order valence-electron chi connectivity index (χ4n) is 12.1. The molecule has 0 spiro atoms. The number of phenols is 1. The van der Waals surface area contributed by atoms with Crippen molar-refractivity contribution in [2.45, 2.75) is 195 Å². The number of primary amides is 2. The molecule has 2 aromatic rings. The van der Waals surface area contributed by atoms with Crippen LogP contribution < -0.4 is 97.0 Å². The summed E-state index contributed by atoms with van der Waals surface area (Å²) in [5.41, 5.74) is 17.5. The number of carboxylic acid groups (broad SMARTS) is 2. The van der Waals surface area contributed by atoms with E-state index in [0.717, 1.165) is 44.2 Å². The molecule has 6 rings (SSSR count). The molecule has 4 aliphatic heterocycles. The average molecular weight is 1810 g/mol. The molecule has 43 nitrogen and oxygen atoms in total. The van der Waals surface area contributed by atoms with Gasteiger partial charge in [-0.05, 0) is 75.6 Å². The number of phenolic OH excluding ortho intramolecular Hbond substituents is 1. The summed E-state index contributed by atoms with van der Waals surface area (Å²) in [6, 6.07) is -15.0. The van der Waals surface area contributed by atoms with Gasteiger partial charge in [-0.15, -0.1) is 0 Å². The Balaban J connectivity index is 1.60. The van der Waals surface area contributed by atoms with Crippen LogP contribution in [0.1, 0.15) is 90.7 Å². The Morgan fingerprint density at radius 2 is 1.03 bits per heavy atom. The molecular weight excluding hydrogens is 1710 g/mol. The summed E-state index contributed by atoms with van der Waals surface area (Å²) in [6.07, 6.45) is -5.88. The van der Waals surface area contributed by atoms with Crippen molar-refractivity contribution in [2.75, 3.05) is 47.6 Å². The second kappa shape index (κ2) is 48.9. The number of hydrogen-bond acceptors (Lipinski definition) is 29. The largest absolute Gasteiger partial charge is 0.508 e. The fourth-order valence-corrected chi connectivity index (χ4v) is 19.1. The number of amides is 18. The van der Waals surface area contributed by atoms with Gasteiger partial charge in [0.25, 0.3) is 0 Å². The summed E-state index contributed by atoms with van der Waals surface area (Å²) >= 11 is 0. The maximum Gasteiger partial charge on any atom is 0.326 e. The van der Waals surface area contributed by atoms with Crippen molar-refractivity contribution >= 4 is 183 Å². The van der Waals surface area contributed by atoms with Crippen molar-refractivity contribution in [3.8, 4) is 5.75 Å². The van der Waals surface area contributed by atoms with Crippen LogP contribution in [0.4, 0.5) is 0 Å². The number of aliphatic carboxylic acids is 2. The number of aromatic hydroxyl groups is 1. The van der Waals surface area contributed by atoms with Crippen LogP contribution in [0.5, 0.6) is 5.75 Å². The Morgan fingerprint density at radius 3 is 1.60 bits per heavy atom. The normalized spacial score (nSPS) is 25.4. The lowest BCUT2D eigenvalue weighted by Crippen LogP contribution is -2.62. The molecule has 49 heteroatoms. The van der Waals surface area contributed by atoms with E-state index in [1.807, 2.05) is 0 Å². The highest BCUT2D eigenvalue weighted by Crippen LogP contribution is 2.29. The van der Waals surface area contributed by atoms with E-state index in [4.69, 9.17) is 17.2 Å². The smallest absolute Gasteiger partial charge is 0.326 e. The molecule has 2 aromatic carbocycles. The minimum atomic E-state index is -1.95. The third-order valence-electron chi connectivity index (χ3n) is 18.6. The van der Waals surface area contributed by atoms with Crippen LogP contribution in [0, 0.1) is 5.92 Å². The first-order valence-electron chi connectivity index (χ1n) is 38.0. The first kappa shape index (κ1) is 99.5. The van der Waals surface area contributed by atoms with Crippen molar-refractivity contribution in [1.29, 1.82) is 0 Å². The van der Waals surface area contributed by atoms with Gasteiger partial charge in [0.2, 0.25) is 106 Å².